The van der Waals surface area contributed by atoms with Gasteiger partial charge in [-0.1, -0.05) is 30.3 Å². The Labute approximate surface area is 150 Å². The van der Waals surface area contributed by atoms with Crippen molar-refractivity contribution in [1.82, 2.24) is 9.80 Å². The monoisotopic (exact) mass is 342 g/mol. The van der Waals surface area contributed by atoms with Gasteiger partial charge < -0.3 is 5.11 Å². The van der Waals surface area contributed by atoms with Crippen LogP contribution in [0.3, 0.4) is 0 Å². The Hall–Kier alpha value is -1.39. The normalized spacial score (nSPS) is 36.0. The first-order chi connectivity index (χ1) is 12.1. The van der Waals surface area contributed by atoms with Gasteiger partial charge in [0.2, 0.25) is 0 Å². The number of rotatable bonds is 5. The highest BCUT2D eigenvalue weighted by molar-refractivity contribution is 5.67. The van der Waals surface area contributed by atoms with Crippen LogP contribution in [0.1, 0.15) is 51.0 Å². The van der Waals surface area contributed by atoms with E-state index < -0.39 is 5.97 Å². The molecule has 3 aliphatic rings. The van der Waals surface area contributed by atoms with E-state index >= 15 is 0 Å². The summed E-state index contributed by atoms with van der Waals surface area (Å²) in [5, 5.41) is 9.13. The Morgan fingerprint density at radius 2 is 1.76 bits per heavy atom. The summed E-state index contributed by atoms with van der Waals surface area (Å²) in [6.07, 6.45) is 6.33. The largest absolute Gasteiger partial charge is 0.481 e. The van der Waals surface area contributed by atoms with Gasteiger partial charge in [-0.2, -0.15) is 0 Å². The van der Waals surface area contributed by atoms with Crippen LogP contribution in [-0.2, 0) is 11.3 Å². The minimum atomic E-state index is -0.624. The van der Waals surface area contributed by atoms with Gasteiger partial charge in [0.1, 0.15) is 0 Å². The molecule has 0 saturated carbocycles. The van der Waals surface area contributed by atoms with Gasteiger partial charge in [0.05, 0.1) is 0 Å². The highest BCUT2D eigenvalue weighted by atomic mass is 16.4. The molecule has 136 valence electrons. The van der Waals surface area contributed by atoms with Crippen LogP contribution < -0.4 is 0 Å². The van der Waals surface area contributed by atoms with Crippen LogP contribution in [0.5, 0.6) is 0 Å². The Bertz CT molecular complexity index is 591. The second kappa shape index (κ2) is 7.08. The molecule has 4 atom stereocenters. The zero-order chi connectivity index (χ0) is 17.4. The van der Waals surface area contributed by atoms with E-state index in [0.717, 1.165) is 25.9 Å². The van der Waals surface area contributed by atoms with Crippen molar-refractivity contribution in [3.63, 3.8) is 0 Å². The fourth-order valence-corrected chi connectivity index (χ4v) is 5.66. The van der Waals surface area contributed by atoms with E-state index in [1.54, 1.807) is 0 Å². The van der Waals surface area contributed by atoms with Crippen molar-refractivity contribution in [3.8, 4) is 0 Å². The summed E-state index contributed by atoms with van der Waals surface area (Å²) in [5.74, 6) is -0.230. The highest BCUT2D eigenvalue weighted by Gasteiger charge is 2.46. The van der Waals surface area contributed by atoms with E-state index in [1.807, 2.05) is 0 Å². The lowest BCUT2D eigenvalue weighted by atomic mass is 9.87. The molecule has 1 aromatic rings. The molecule has 0 amide bonds. The molecule has 3 fully saturated rings. The molecule has 0 radical (unpaired) electrons. The highest BCUT2D eigenvalue weighted by Crippen LogP contribution is 2.43. The van der Waals surface area contributed by atoms with Crippen molar-refractivity contribution in [1.29, 1.82) is 0 Å². The van der Waals surface area contributed by atoms with Gasteiger partial charge in [-0.15, -0.1) is 0 Å². The van der Waals surface area contributed by atoms with Gasteiger partial charge in [-0.05, 0) is 50.5 Å². The number of piperidine rings is 1. The molecule has 0 aliphatic carbocycles. The predicted molar refractivity (Wildman–Crippen MR) is 98.3 cm³/mol. The second-order valence-corrected chi connectivity index (χ2v) is 8.42. The Kier molecular flexibility index (Phi) is 4.83. The Balaban J connectivity index is 1.39. The fourth-order valence-electron chi connectivity index (χ4n) is 5.66. The first-order valence-electron chi connectivity index (χ1n) is 9.87. The first-order valence-corrected chi connectivity index (χ1v) is 9.87. The molecule has 1 aromatic carbocycles. The van der Waals surface area contributed by atoms with E-state index in [4.69, 9.17) is 5.11 Å². The van der Waals surface area contributed by atoms with Crippen LogP contribution in [0.25, 0.3) is 0 Å². The number of hydrogen-bond donors (Lipinski definition) is 1. The summed E-state index contributed by atoms with van der Waals surface area (Å²) in [4.78, 5) is 16.5. The SMILES string of the molecule is CC1CC(N2C3CCC2CC(CC(=O)O)C3)CN1Cc1ccccc1. The van der Waals surface area contributed by atoms with Gasteiger partial charge >= 0.3 is 5.97 Å². The molecule has 4 rings (SSSR count). The van der Waals surface area contributed by atoms with Crippen molar-refractivity contribution in [2.75, 3.05) is 6.54 Å². The van der Waals surface area contributed by atoms with E-state index in [-0.39, 0.29) is 0 Å². The van der Waals surface area contributed by atoms with Crippen LogP contribution in [-0.4, -0.2) is 51.6 Å². The number of aliphatic carboxylic acids is 1. The molecular formula is C21H30N2O2. The summed E-state index contributed by atoms with van der Waals surface area (Å²) >= 11 is 0. The van der Waals surface area contributed by atoms with Crippen molar-refractivity contribution in [2.45, 2.75) is 76.2 Å². The molecule has 2 bridgehead atoms. The summed E-state index contributed by atoms with van der Waals surface area (Å²) in [6, 6.07) is 13.3. The molecule has 4 nitrogen and oxygen atoms in total. The first kappa shape index (κ1) is 17.0. The third kappa shape index (κ3) is 3.61. The average molecular weight is 342 g/mol. The number of carboxylic acids is 1. The molecule has 4 heteroatoms. The number of carboxylic acid groups (broad SMARTS) is 1. The summed E-state index contributed by atoms with van der Waals surface area (Å²) < 4.78 is 0. The van der Waals surface area contributed by atoms with E-state index in [2.05, 4.69) is 47.1 Å². The molecule has 0 spiro atoms. The van der Waals surface area contributed by atoms with Crippen LogP contribution in [0.2, 0.25) is 0 Å². The zero-order valence-electron chi connectivity index (χ0n) is 15.2. The summed E-state index contributed by atoms with van der Waals surface area (Å²) in [6.45, 7) is 4.57. The second-order valence-electron chi connectivity index (χ2n) is 8.42. The van der Waals surface area contributed by atoms with Gasteiger partial charge in [0.25, 0.3) is 0 Å². The number of hydrogen-bond acceptors (Lipinski definition) is 3. The number of fused-ring (bicyclic) bond motifs is 2. The third-order valence-electron chi connectivity index (χ3n) is 6.68. The van der Waals surface area contributed by atoms with Gasteiger partial charge in [0, 0.05) is 43.7 Å². The van der Waals surface area contributed by atoms with Crippen LogP contribution in [0.15, 0.2) is 30.3 Å². The van der Waals surface area contributed by atoms with E-state index in [9.17, 15) is 4.79 Å². The smallest absolute Gasteiger partial charge is 0.303 e. The maximum atomic E-state index is 11.1. The Morgan fingerprint density at radius 1 is 1.08 bits per heavy atom. The van der Waals surface area contributed by atoms with E-state index in [0.29, 0.717) is 36.5 Å². The minimum Gasteiger partial charge on any atom is -0.481 e. The molecule has 25 heavy (non-hydrogen) atoms. The Morgan fingerprint density at radius 3 is 2.40 bits per heavy atom. The quantitative estimate of drug-likeness (QED) is 0.891. The molecule has 4 unspecified atom stereocenters. The van der Waals surface area contributed by atoms with Gasteiger partial charge in [0.15, 0.2) is 0 Å². The topological polar surface area (TPSA) is 43.8 Å². The number of likely N-dealkylation sites (tertiary alicyclic amines) is 1. The number of carbonyl (C=O) groups is 1. The van der Waals surface area contributed by atoms with Crippen molar-refractivity contribution >= 4 is 5.97 Å². The summed E-state index contributed by atoms with van der Waals surface area (Å²) in [5.41, 5.74) is 1.40. The molecule has 3 aliphatic heterocycles. The maximum absolute atomic E-state index is 11.1. The third-order valence-corrected chi connectivity index (χ3v) is 6.68. The molecule has 3 saturated heterocycles. The molecule has 3 heterocycles. The lowest BCUT2D eigenvalue weighted by molar-refractivity contribution is -0.138. The van der Waals surface area contributed by atoms with Crippen molar-refractivity contribution in [3.05, 3.63) is 35.9 Å². The lowest BCUT2D eigenvalue weighted by Crippen LogP contribution is -2.50. The van der Waals surface area contributed by atoms with Gasteiger partial charge in [-0.25, -0.2) is 0 Å². The zero-order valence-corrected chi connectivity index (χ0v) is 15.2. The van der Waals surface area contributed by atoms with Crippen molar-refractivity contribution in [2.24, 2.45) is 5.92 Å². The summed E-state index contributed by atoms with van der Waals surface area (Å²) in [7, 11) is 0. The van der Waals surface area contributed by atoms with Crippen LogP contribution >= 0.6 is 0 Å². The minimum absolute atomic E-state index is 0.363. The maximum Gasteiger partial charge on any atom is 0.303 e. The molecule has 0 aromatic heterocycles. The molecular weight excluding hydrogens is 312 g/mol. The van der Waals surface area contributed by atoms with E-state index in [1.165, 1.54) is 24.8 Å². The van der Waals surface area contributed by atoms with Gasteiger partial charge in [-0.3, -0.25) is 14.6 Å². The number of nitrogens with zero attached hydrogens (tertiary/aromatic N) is 2. The van der Waals surface area contributed by atoms with Crippen molar-refractivity contribution < 1.29 is 9.90 Å². The standard InChI is InChI=1S/C21H30N2O2/c1-15-9-20(14-22(15)13-16-5-3-2-4-6-16)23-18-7-8-19(23)11-17(10-18)12-21(24)25/h2-6,15,17-20H,7-14H2,1H3,(H,24,25). The van der Waals surface area contributed by atoms with Crippen LogP contribution in [0.4, 0.5) is 0 Å². The number of benzene rings is 1. The molecule has 1 N–H and O–H groups in total. The average Bonchev–Trinajstić information content (AvgIpc) is 3.05. The fraction of sp³-hybridized carbons (Fsp3) is 0.667. The predicted octanol–water partition coefficient (Wildman–Crippen LogP) is 3.37. The lowest BCUT2D eigenvalue weighted by Gasteiger charge is -2.42. The van der Waals surface area contributed by atoms with Crippen LogP contribution in [0, 0.1) is 5.92 Å².